The van der Waals surface area contributed by atoms with Crippen molar-refractivity contribution in [2.75, 3.05) is 21.3 Å². The maximum atomic E-state index is 12.4. The van der Waals surface area contributed by atoms with Gasteiger partial charge in [-0.05, 0) is 41.5 Å². The molecule has 8 heteroatoms. The number of hydrogen-bond donors (Lipinski definition) is 0. The van der Waals surface area contributed by atoms with Crippen LogP contribution in [0.4, 0.5) is 8.78 Å². The highest BCUT2D eigenvalue weighted by atomic mass is 19.3. The highest BCUT2D eigenvalue weighted by Crippen LogP contribution is 2.33. The lowest BCUT2D eigenvalue weighted by Crippen LogP contribution is -2.23. The summed E-state index contributed by atoms with van der Waals surface area (Å²) in [6.07, 6.45) is 1.32. The summed E-state index contributed by atoms with van der Waals surface area (Å²) in [5, 5.41) is 11.6. The van der Waals surface area contributed by atoms with E-state index in [0.717, 1.165) is 0 Å². The smallest absolute Gasteiger partial charge is 0.387 e. The summed E-state index contributed by atoms with van der Waals surface area (Å²) >= 11 is 0. The number of hydrogen-bond acceptors (Lipinski definition) is 6. The van der Waals surface area contributed by atoms with Gasteiger partial charge in [0.15, 0.2) is 23.0 Å². The van der Waals surface area contributed by atoms with Gasteiger partial charge in [-0.1, -0.05) is 12.1 Å². The van der Waals surface area contributed by atoms with E-state index in [4.69, 9.17) is 14.2 Å². The van der Waals surface area contributed by atoms with Crippen LogP contribution in [0, 0.1) is 0 Å². The Labute approximate surface area is 154 Å². The van der Waals surface area contributed by atoms with Crippen LogP contribution in [-0.4, -0.2) is 33.9 Å². The quantitative estimate of drug-likeness (QED) is 0.518. The van der Waals surface area contributed by atoms with E-state index in [1.165, 1.54) is 57.7 Å². The van der Waals surface area contributed by atoms with Crippen LogP contribution in [0.5, 0.6) is 23.0 Å². The Morgan fingerprint density at radius 2 is 1.52 bits per heavy atom. The minimum absolute atomic E-state index is 0.0362. The van der Waals surface area contributed by atoms with Crippen LogP contribution < -0.4 is 24.1 Å². The van der Waals surface area contributed by atoms with Crippen molar-refractivity contribution in [2.24, 2.45) is 0 Å². The molecule has 0 fully saturated rings. The molecule has 0 N–H and O–H groups in total. The Hall–Kier alpha value is -3.29. The van der Waals surface area contributed by atoms with Crippen LogP contribution in [-0.2, 0) is 4.79 Å². The molecule has 2 aromatic rings. The maximum absolute atomic E-state index is 12.4. The molecule has 27 heavy (non-hydrogen) atoms. The first-order valence-electron chi connectivity index (χ1n) is 7.68. The molecule has 0 unspecified atom stereocenters. The molecule has 0 spiro atoms. The van der Waals surface area contributed by atoms with Crippen LogP contribution in [0.1, 0.15) is 11.1 Å². The van der Waals surface area contributed by atoms with Gasteiger partial charge in [0.25, 0.3) is 0 Å². The van der Waals surface area contributed by atoms with Gasteiger partial charge in [0.05, 0.1) is 27.3 Å². The summed E-state index contributed by atoms with van der Waals surface area (Å²) in [7, 11) is 4.17. The summed E-state index contributed by atoms with van der Waals surface area (Å²) in [5.41, 5.74) is 0.572. The lowest BCUT2D eigenvalue weighted by Gasteiger charge is -2.14. The Morgan fingerprint density at radius 3 is 2.07 bits per heavy atom. The third-order valence-electron chi connectivity index (χ3n) is 3.63. The summed E-state index contributed by atoms with van der Waals surface area (Å²) in [5.74, 6) is -0.761. The van der Waals surface area contributed by atoms with E-state index in [0.29, 0.717) is 22.6 Å². The SMILES string of the molecule is COc1ccc(/C(=C/c2ccc(OC(F)F)c(OC)c2)C(=O)[O-])cc1OC. The number of rotatable bonds is 8. The number of benzene rings is 2. The predicted molar refractivity (Wildman–Crippen MR) is 92.1 cm³/mol. The second-order valence-corrected chi connectivity index (χ2v) is 5.20. The number of methoxy groups -OCH3 is 3. The molecule has 0 saturated carbocycles. The van der Waals surface area contributed by atoms with Crippen molar-refractivity contribution in [2.45, 2.75) is 6.61 Å². The molecule has 0 heterocycles. The van der Waals surface area contributed by atoms with E-state index < -0.39 is 12.6 Å². The van der Waals surface area contributed by atoms with Gasteiger partial charge in [0, 0.05) is 5.57 Å². The van der Waals surface area contributed by atoms with E-state index in [9.17, 15) is 18.7 Å². The zero-order valence-corrected chi connectivity index (χ0v) is 14.8. The van der Waals surface area contributed by atoms with Gasteiger partial charge in [-0.2, -0.15) is 8.78 Å². The summed E-state index contributed by atoms with van der Waals surface area (Å²) in [4.78, 5) is 11.6. The first kappa shape index (κ1) is 20.0. The number of ether oxygens (including phenoxy) is 4. The van der Waals surface area contributed by atoms with Crippen molar-refractivity contribution in [3.63, 3.8) is 0 Å². The Morgan fingerprint density at radius 1 is 0.926 bits per heavy atom. The zero-order valence-electron chi connectivity index (χ0n) is 14.8. The van der Waals surface area contributed by atoms with Gasteiger partial charge in [0.2, 0.25) is 0 Å². The van der Waals surface area contributed by atoms with Crippen molar-refractivity contribution in [1.29, 1.82) is 0 Å². The second-order valence-electron chi connectivity index (χ2n) is 5.20. The third kappa shape index (κ3) is 4.87. The van der Waals surface area contributed by atoms with E-state index >= 15 is 0 Å². The molecular formula is C19H17F2O6-. The van der Waals surface area contributed by atoms with Crippen molar-refractivity contribution in [3.8, 4) is 23.0 Å². The molecule has 6 nitrogen and oxygen atoms in total. The monoisotopic (exact) mass is 379 g/mol. The van der Waals surface area contributed by atoms with Crippen LogP contribution in [0.2, 0.25) is 0 Å². The molecule has 2 rings (SSSR count). The van der Waals surface area contributed by atoms with Crippen molar-refractivity contribution in [1.82, 2.24) is 0 Å². The normalized spacial score (nSPS) is 11.3. The number of carbonyl (C=O) groups excluding carboxylic acids is 1. The lowest BCUT2D eigenvalue weighted by molar-refractivity contribution is -0.295. The number of halogens is 2. The fraction of sp³-hybridized carbons (Fsp3) is 0.211. The second kappa shape index (κ2) is 8.88. The molecule has 0 atom stereocenters. The van der Waals surface area contributed by atoms with Gasteiger partial charge in [-0.3, -0.25) is 0 Å². The van der Waals surface area contributed by atoms with E-state index in [2.05, 4.69) is 4.74 Å². The minimum atomic E-state index is -3.01. The van der Waals surface area contributed by atoms with Crippen molar-refractivity contribution in [3.05, 3.63) is 47.5 Å². The average molecular weight is 379 g/mol. The molecule has 0 saturated heterocycles. The highest BCUT2D eigenvalue weighted by molar-refractivity contribution is 6.19. The van der Waals surface area contributed by atoms with Crippen molar-refractivity contribution < 1.29 is 37.6 Å². The molecule has 0 aromatic heterocycles. The predicted octanol–water partition coefficient (Wildman–Crippen LogP) is 2.60. The summed E-state index contributed by atoms with van der Waals surface area (Å²) < 4.78 is 44.5. The average Bonchev–Trinajstić information content (AvgIpc) is 2.65. The molecular weight excluding hydrogens is 362 g/mol. The number of alkyl halides is 2. The minimum Gasteiger partial charge on any atom is -0.545 e. The number of aliphatic carboxylic acids is 1. The number of carboxylic acids is 1. The summed E-state index contributed by atoms with van der Waals surface area (Å²) in [6.45, 7) is -3.01. The Bertz CT molecular complexity index is 848. The Kier molecular flexibility index (Phi) is 6.59. The fourth-order valence-electron chi connectivity index (χ4n) is 2.40. The van der Waals surface area contributed by atoms with E-state index in [1.54, 1.807) is 6.07 Å². The van der Waals surface area contributed by atoms with Gasteiger partial charge in [-0.15, -0.1) is 0 Å². The molecule has 144 valence electrons. The first-order valence-corrected chi connectivity index (χ1v) is 7.68. The number of carboxylic acid groups (broad SMARTS) is 1. The topological polar surface area (TPSA) is 77.1 Å². The van der Waals surface area contributed by atoms with E-state index in [-0.39, 0.29) is 17.1 Å². The van der Waals surface area contributed by atoms with Crippen LogP contribution in [0.25, 0.3) is 11.6 Å². The van der Waals surface area contributed by atoms with Gasteiger partial charge in [-0.25, -0.2) is 0 Å². The molecule has 0 amide bonds. The van der Waals surface area contributed by atoms with Crippen LogP contribution in [0.3, 0.4) is 0 Å². The van der Waals surface area contributed by atoms with Gasteiger partial charge < -0.3 is 28.8 Å². The molecule has 0 bridgehead atoms. The summed E-state index contributed by atoms with van der Waals surface area (Å²) in [6, 6.07) is 8.65. The third-order valence-corrected chi connectivity index (χ3v) is 3.63. The maximum Gasteiger partial charge on any atom is 0.387 e. The van der Waals surface area contributed by atoms with Crippen LogP contribution >= 0.6 is 0 Å². The molecule has 2 aromatic carbocycles. The first-order chi connectivity index (χ1) is 12.9. The van der Waals surface area contributed by atoms with Gasteiger partial charge in [0.1, 0.15) is 0 Å². The molecule has 0 radical (unpaired) electrons. The van der Waals surface area contributed by atoms with Crippen LogP contribution in [0.15, 0.2) is 36.4 Å². The Balaban J connectivity index is 2.48. The van der Waals surface area contributed by atoms with Gasteiger partial charge >= 0.3 is 6.61 Å². The lowest BCUT2D eigenvalue weighted by atomic mass is 10.0. The standard InChI is InChI=1S/C19H18F2O6/c1-24-14-7-5-12(10-17(14)26-3)13(18(22)23)8-11-4-6-15(27-19(20)21)16(9-11)25-2/h4-10,19H,1-3H3,(H,22,23)/p-1/b13-8-. The number of carbonyl (C=O) groups is 1. The zero-order chi connectivity index (χ0) is 20.0. The molecule has 0 aliphatic rings. The highest BCUT2D eigenvalue weighted by Gasteiger charge is 2.13. The molecule has 0 aliphatic heterocycles. The van der Waals surface area contributed by atoms with E-state index in [1.807, 2.05) is 0 Å². The fourth-order valence-corrected chi connectivity index (χ4v) is 2.40. The van der Waals surface area contributed by atoms with Crippen molar-refractivity contribution >= 4 is 17.6 Å². The largest absolute Gasteiger partial charge is 0.545 e. The molecule has 0 aliphatic carbocycles.